The van der Waals surface area contributed by atoms with Crippen LogP contribution in [0.5, 0.6) is 17.2 Å². The van der Waals surface area contributed by atoms with Crippen LogP contribution in [0.4, 0.5) is 13.2 Å². The summed E-state index contributed by atoms with van der Waals surface area (Å²) in [5.41, 5.74) is 7.03. The first kappa shape index (κ1) is 23.2. The maximum absolute atomic E-state index is 13.3. The first-order valence-corrected chi connectivity index (χ1v) is 9.90. The average Bonchev–Trinajstić information content (AvgIpc) is 3.20. The van der Waals surface area contributed by atoms with Gasteiger partial charge in [-0.05, 0) is 36.4 Å². The van der Waals surface area contributed by atoms with E-state index in [0.29, 0.717) is 30.3 Å². The molecule has 0 bridgehead atoms. The smallest absolute Gasteiger partial charge is 0.416 e. The Morgan fingerprint density at radius 3 is 2.26 bits per heavy atom. The molecular formula is C22H28F3N3O3. The summed E-state index contributed by atoms with van der Waals surface area (Å²) < 4.78 is 56.2. The molecule has 1 heterocycles. The summed E-state index contributed by atoms with van der Waals surface area (Å²) in [6.45, 7) is 1.47. The van der Waals surface area contributed by atoms with E-state index >= 15 is 0 Å². The number of halogens is 3. The van der Waals surface area contributed by atoms with Gasteiger partial charge in [-0.2, -0.15) is 13.2 Å². The molecule has 2 aromatic rings. The third kappa shape index (κ3) is 5.23. The first-order chi connectivity index (χ1) is 14.8. The Kier molecular flexibility index (Phi) is 7.30. The molecule has 2 aromatic carbocycles. The normalized spacial score (nSPS) is 19.0. The molecule has 2 atom stereocenters. The van der Waals surface area contributed by atoms with Crippen LogP contribution in [0.1, 0.15) is 22.7 Å². The Morgan fingerprint density at radius 1 is 1.03 bits per heavy atom. The summed E-state index contributed by atoms with van der Waals surface area (Å²) in [4.78, 5) is 1.91. The van der Waals surface area contributed by atoms with E-state index in [4.69, 9.17) is 14.2 Å². The predicted molar refractivity (Wildman–Crippen MR) is 111 cm³/mol. The van der Waals surface area contributed by atoms with Gasteiger partial charge in [-0.15, -0.1) is 0 Å². The van der Waals surface area contributed by atoms with Gasteiger partial charge < -0.3 is 19.1 Å². The highest BCUT2D eigenvalue weighted by Gasteiger charge is 2.34. The number of methoxy groups -OCH3 is 3. The SMILES string of the molecule is COc1cc(C2NNCC2CN(C)Cc2ccccc2C(F)(F)F)cc(OC)c1OC. The number of alkyl halides is 3. The van der Waals surface area contributed by atoms with E-state index in [1.807, 2.05) is 24.1 Å². The lowest BCUT2D eigenvalue weighted by Gasteiger charge is -2.26. The van der Waals surface area contributed by atoms with Crippen LogP contribution in [0, 0.1) is 5.92 Å². The Bertz CT molecular complexity index is 867. The number of benzene rings is 2. The predicted octanol–water partition coefficient (Wildman–Crippen LogP) is 3.63. The third-order valence-electron chi connectivity index (χ3n) is 5.45. The zero-order valence-electron chi connectivity index (χ0n) is 18.0. The van der Waals surface area contributed by atoms with Crippen LogP contribution in [-0.2, 0) is 12.7 Å². The molecule has 31 heavy (non-hydrogen) atoms. The second-order valence-corrected chi connectivity index (χ2v) is 7.57. The zero-order chi connectivity index (χ0) is 22.6. The Balaban J connectivity index is 1.78. The fraction of sp³-hybridized carbons (Fsp3) is 0.455. The molecule has 2 N–H and O–H groups in total. The van der Waals surface area contributed by atoms with Crippen LogP contribution < -0.4 is 25.1 Å². The number of hydrogen-bond acceptors (Lipinski definition) is 6. The highest BCUT2D eigenvalue weighted by atomic mass is 19.4. The van der Waals surface area contributed by atoms with Gasteiger partial charge in [0.25, 0.3) is 0 Å². The molecule has 0 saturated carbocycles. The van der Waals surface area contributed by atoms with Gasteiger partial charge in [0.1, 0.15) is 0 Å². The zero-order valence-corrected chi connectivity index (χ0v) is 18.0. The molecule has 0 aromatic heterocycles. The van der Waals surface area contributed by atoms with Crippen molar-refractivity contribution in [3.63, 3.8) is 0 Å². The minimum Gasteiger partial charge on any atom is -0.493 e. The highest BCUT2D eigenvalue weighted by molar-refractivity contribution is 5.54. The van der Waals surface area contributed by atoms with Crippen molar-refractivity contribution in [1.82, 2.24) is 15.8 Å². The topological polar surface area (TPSA) is 55.0 Å². The highest BCUT2D eigenvalue weighted by Crippen LogP contribution is 2.41. The van der Waals surface area contributed by atoms with E-state index in [1.54, 1.807) is 27.4 Å². The van der Waals surface area contributed by atoms with Crippen LogP contribution in [-0.4, -0.2) is 46.4 Å². The van der Waals surface area contributed by atoms with Crippen molar-refractivity contribution in [2.24, 2.45) is 5.92 Å². The van der Waals surface area contributed by atoms with Gasteiger partial charge in [0, 0.05) is 25.6 Å². The number of ether oxygens (including phenoxy) is 3. The summed E-state index contributed by atoms with van der Waals surface area (Å²) in [5, 5.41) is 0. The number of nitrogens with one attached hydrogen (secondary N) is 2. The van der Waals surface area contributed by atoms with Crippen molar-refractivity contribution >= 4 is 0 Å². The molecule has 0 amide bonds. The molecule has 1 aliphatic heterocycles. The number of hydrazine groups is 1. The second-order valence-electron chi connectivity index (χ2n) is 7.57. The minimum atomic E-state index is -4.37. The lowest BCUT2D eigenvalue weighted by molar-refractivity contribution is -0.138. The van der Waals surface area contributed by atoms with Gasteiger partial charge in [-0.1, -0.05) is 18.2 Å². The Labute approximate surface area is 180 Å². The van der Waals surface area contributed by atoms with Crippen LogP contribution in [0.25, 0.3) is 0 Å². The molecule has 0 spiro atoms. The minimum absolute atomic E-state index is 0.0750. The van der Waals surface area contributed by atoms with E-state index < -0.39 is 11.7 Å². The summed E-state index contributed by atoms with van der Waals surface area (Å²) in [6, 6.07) is 9.40. The molecular weight excluding hydrogens is 411 g/mol. The lowest BCUT2D eigenvalue weighted by atomic mass is 9.93. The molecule has 3 rings (SSSR count). The van der Waals surface area contributed by atoms with Crippen molar-refractivity contribution in [3.05, 3.63) is 53.1 Å². The van der Waals surface area contributed by atoms with Crippen molar-refractivity contribution in [2.75, 3.05) is 41.5 Å². The Hall–Kier alpha value is -2.49. The van der Waals surface area contributed by atoms with Gasteiger partial charge >= 0.3 is 6.18 Å². The van der Waals surface area contributed by atoms with E-state index in [2.05, 4.69) is 10.9 Å². The molecule has 170 valence electrons. The summed E-state index contributed by atoms with van der Waals surface area (Å²) in [6.07, 6.45) is -4.37. The van der Waals surface area contributed by atoms with Crippen LogP contribution >= 0.6 is 0 Å². The maximum atomic E-state index is 13.3. The van der Waals surface area contributed by atoms with E-state index in [1.165, 1.54) is 12.1 Å². The number of nitrogens with zero attached hydrogens (tertiary/aromatic N) is 1. The van der Waals surface area contributed by atoms with E-state index in [-0.39, 0.29) is 24.1 Å². The van der Waals surface area contributed by atoms with Crippen LogP contribution in [0.2, 0.25) is 0 Å². The molecule has 1 fully saturated rings. The molecule has 1 saturated heterocycles. The molecule has 2 unspecified atom stereocenters. The maximum Gasteiger partial charge on any atom is 0.416 e. The third-order valence-corrected chi connectivity index (χ3v) is 5.45. The summed E-state index contributed by atoms with van der Waals surface area (Å²) >= 11 is 0. The largest absolute Gasteiger partial charge is 0.493 e. The number of hydrogen-bond donors (Lipinski definition) is 2. The quantitative estimate of drug-likeness (QED) is 0.655. The van der Waals surface area contributed by atoms with Crippen LogP contribution in [0.3, 0.4) is 0 Å². The van der Waals surface area contributed by atoms with Gasteiger partial charge in [0.15, 0.2) is 11.5 Å². The van der Waals surface area contributed by atoms with Gasteiger partial charge in [-0.25, -0.2) is 5.43 Å². The molecule has 0 radical (unpaired) electrons. The van der Waals surface area contributed by atoms with Crippen molar-refractivity contribution < 1.29 is 27.4 Å². The van der Waals surface area contributed by atoms with E-state index in [9.17, 15) is 13.2 Å². The van der Waals surface area contributed by atoms with Crippen LogP contribution in [0.15, 0.2) is 36.4 Å². The fourth-order valence-electron chi connectivity index (χ4n) is 4.03. The molecule has 6 nitrogen and oxygen atoms in total. The van der Waals surface area contributed by atoms with E-state index in [0.717, 1.165) is 11.6 Å². The average molecular weight is 439 g/mol. The molecule has 9 heteroatoms. The Morgan fingerprint density at radius 2 is 1.68 bits per heavy atom. The molecule has 0 aliphatic carbocycles. The van der Waals surface area contributed by atoms with Crippen molar-refractivity contribution in [1.29, 1.82) is 0 Å². The van der Waals surface area contributed by atoms with Crippen molar-refractivity contribution in [3.8, 4) is 17.2 Å². The standard InChI is InChI=1S/C22H28F3N3O3/c1-28(12-14-7-5-6-8-17(14)22(23,24)25)13-16-11-26-27-20(16)15-9-18(29-2)21(31-4)19(10-15)30-3/h5-10,16,20,26-27H,11-13H2,1-4H3. The number of rotatable bonds is 8. The van der Waals surface area contributed by atoms with Gasteiger partial charge in [0.05, 0.1) is 32.9 Å². The summed E-state index contributed by atoms with van der Waals surface area (Å²) in [5.74, 6) is 1.73. The monoisotopic (exact) mass is 439 g/mol. The first-order valence-electron chi connectivity index (χ1n) is 9.90. The summed E-state index contributed by atoms with van der Waals surface area (Å²) in [7, 11) is 6.50. The second kappa shape index (κ2) is 9.76. The lowest BCUT2D eigenvalue weighted by Crippen LogP contribution is -2.30. The fourth-order valence-corrected chi connectivity index (χ4v) is 4.03. The van der Waals surface area contributed by atoms with Gasteiger partial charge in [0.2, 0.25) is 5.75 Å². The van der Waals surface area contributed by atoms with Gasteiger partial charge in [-0.3, -0.25) is 5.43 Å². The molecule has 1 aliphatic rings. The van der Waals surface area contributed by atoms with Crippen molar-refractivity contribution in [2.45, 2.75) is 18.8 Å².